The number of rotatable bonds is 11. The maximum absolute atomic E-state index is 13.9. The first kappa shape index (κ1) is 29.8. The van der Waals surface area contributed by atoms with E-state index in [2.05, 4.69) is 19.2 Å². The van der Waals surface area contributed by atoms with Gasteiger partial charge in [0, 0.05) is 6.07 Å². The largest absolute Gasteiger partial charge is 0.497 e. The molecule has 1 N–H and O–H groups in total. The number of ether oxygens (including phenoxy) is 3. The topological polar surface area (TPSA) is 94.2 Å². The average molecular weight is 555 g/mol. The number of aryl methyl sites for hydroxylation is 2. The van der Waals surface area contributed by atoms with E-state index in [1.807, 2.05) is 32.9 Å². The number of carbonyl (C=O) groups is 1. The molecule has 9 heteroatoms. The molecule has 0 unspecified atom stereocenters. The van der Waals surface area contributed by atoms with E-state index in [9.17, 15) is 13.2 Å². The number of anilines is 1. The van der Waals surface area contributed by atoms with Crippen LogP contribution in [0.15, 0.2) is 59.5 Å². The van der Waals surface area contributed by atoms with E-state index in [0.717, 1.165) is 32.3 Å². The van der Waals surface area contributed by atoms with Crippen molar-refractivity contribution >= 4 is 21.6 Å². The molecule has 0 saturated heterocycles. The van der Waals surface area contributed by atoms with Crippen molar-refractivity contribution in [1.82, 2.24) is 5.32 Å². The van der Waals surface area contributed by atoms with Crippen LogP contribution in [0, 0.1) is 13.8 Å². The molecule has 3 aromatic carbocycles. The Morgan fingerprint density at radius 2 is 1.49 bits per heavy atom. The van der Waals surface area contributed by atoms with Gasteiger partial charge in [-0.25, -0.2) is 8.42 Å². The molecule has 0 radical (unpaired) electrons. The molecule has 3 aromatic rings. The van der Waals surface area contributed by atoms with Crippen molar-refractivity contribution in [3.05, 3.63) is 76.9 Å². The second-order valence-electron chi connectivity index (χ2n) is 9.76. The highest BCUT2D eigenvalue weighted by Gasteiger charge is 2.30. The molecule has 210 valence electrons. The monoisotopic (exact) mass is 554 g/mol. The van der Waals surface area contributed by atoms with Crippen LogP contribution in [0.2, 0.25) is 0 Å². The number of methoxy groups -OCH3 is 3. The second kappa shape index (κ2) is 12.4. The van der Waals surface area contributed by atoms with Gasteiger partial charge >= 0.3 is 0 Å². The van der Waals surface area contributed by atoms with E-state index >= 15 is 0 Å². The van der Waals surface area contributed by atoms with Crippen LogP contribution < -0.4 is 23.8 Å². The molecule has 0 spiro atoms. The van der Waals surface area contributed by atoms with Gasteiger partial charge in [0.15, 0.2) is 0 Å². The zero-order valence-corrected chi connectivity index (χ0v) is 24.7. The van der Waals surface area contributed by atoms with Crippen LogP contribution in [0.5, 0.6) is 17.2 Å². The number of hydrogen-bond donors (Lipinski definition) is 1. The molecule has 1 amide bonds. The van der Waals surface area contributed by atoms with Crippen LogP contribution in [0.25, 0.3) is 0 Å². The summed E-state index contributed by atoms with van der Waals surface area (Å²) < 4.78 is 45.2. The Morgan fingerprint density at radius 1 is 0.846 bits per heavy atom. The van der Waals surface area contributed by atoms with E-state index in [0.29, 0.717) is 11.5 Å². The zero-order chi connectivity index (χ0) is 28.9. The lowest BCUT2D eigenvalue weighted by atomic mass is 9.93. The molecule has 0 aliphatic heterocycles. The third kappa shape index (κ3) is 6.65. The average Bonchev–Trinajstić information content (AvgIpc) is 2.90. The van der Waals surface area contributed by atoms with Gasteiger partial charge in [-0.1, -0.05) is 31.5 Å². The van der Waals surface area contributed by atoms with E-state index in [-0.39, 0.29) is 22.5 Å². The van der Waals surface area contributed by atoms with Gasteiger partial charge in [-0.05, 0) is 79.8 Å². The molecule has 0 bridgehead atoms. The van der Waals surface area contributed by atoms with Gasteiger partial charge in [0.05, 0.1) is 38.0 Å². The zero-order valence-electron chi connectivity index (χ0n) is 23.9. The van der Waals surface area contributed by atoms with Crippen molar-refractivity contribution in [1.29, 1.82) is 0 Å². The van der Waals surface area contributed by atoms with E-state index in [4.69, 9.17) is 14.2 Å². The van der Waals surface area contributed by atoms with Crippen LogP contribution >= 0.6 is 0 Å². The lowest BCUT2D eigenvalue weighted by Crippen LogP contribution is -2.41. The minimum absolute atomic E-state index is 0.0615. The van der Waals surface area contributed by atoms with Crippen molar-refractivity contribution in [3.8, 4) is 17.2 Å². The van der Waals surface area contributed by atoms with Gasteiger partial charge in [0.1, 0.15) is 23.8 Å². The second-order valence-corrected chi connectivity index (χ2v) is 11.6. The minimum atomic E-state index is -4.14. The standard InChI is InChI=1S/C30H38N2O6S/c1-19(2)25-17-26(21(4)15-29(25)38-8)22(5)31-30(33)18-32(27-16-23(36-6)11-14-28(27)37-7)39(34,35)24-12-9-20(3)10-13-24/h9-17,19,22H,18H2,1-8H3,(H,31,33)/t22-/m1/s1. The van der Waals surface area contributed by atoms with Crippen LogP contribution in [-0.2, 0) is 14.8 Å². The van der Waals surface area contributed by atoms with Gasteiger partial charge in [0.25, 0.3) is 10.0 Å². The SMILES string of the molecule is COc1ccc(OC)c(N(CC(=O)N[C@H](C)c2cc(C(C)C)c(OC)cc2C)S(=O)(=O)c2ccc(C)cc2)c1. The first-order valence-corrected chi connectivity index (χ1v) is 14.2. The fraction of sp³-hybridized carbons (Fsp3) is 0.367. The fourth-order valence-electron chi connectivity index (χ4n) is 4.43. The Balaban J connectivity index is 2.01. The minimum Gasteiger partial charge on any atom is -0.497 e. The number of amides is 1. The molecular weight excluding hydrogens is 516 g/mol. The highest BCUT2D eigenvalue weighted by Crippen LogP contribution is 2.36. The Bertz CT molecular complexity index is 1420. The summed E-state index contributed by atoms with van der Waals surface area (Å²) in [6, 6.07) is 14.9. The van der Waals surface area contributed by atoms with Gasteiger partial charge < -0.3 is 19.5 Å². The van der Waals surface area contributed by atoms with Gasteiger partial charge in [0.2, 0.25) is 5.91 Å². The Morgan fingerprint density at radius 3 is 2.05 bits per heavy atom. The molecule has 0 heterocycles. The Labute approximate surface area is 231 Å². The molecule has 0 saturated carbocycles. The van der Waals surface area contributed by atoms with Crippen molar-refractivity contribution in [3.63, 3.8) is 0 Å². The number of nitrogens with one attached hydrogen (secondary N) is 1. The number of sulfonamides is 1. The Kier molecular flexibility index (Phi) is 9.50. The third-order valence-electron chi connectivity index (χ3n) is 6.64. The van der Waals surface area contributed by atoms with E-state index < -0.39 is 22.5 Å². The molecule has 0 aromatic heterocycles. The summed E-state index contributed by atoms with van der Waals surface area (Å²) in [6.07, 6.45) is 0. The molecule has 3 rings (SSSR count). The summed E-state index contributed by atoms with van der Waals surface area (Å²) in [4.78, 5) is 13.5. The maximum atomic E-state index is 13.9. The van der Waals surface area contributed by atoms with Crippen molar-refractivity contribution < 1.29 is 27.4 Å². The smallest absolute Gasteiger partial charge is 0.264 e. The molecule has 0 aliphatic rings. The summed E-state index contributed by atoms with van der Waals surface area (Å²) >= 11 is 0. The lowest BCUT2D eigenvalue weighted by Gasteiger charge is -2.27. The molecule has 1 atom stereocenters. The van der Waals surface area contributed by atoms with Gasteiger partial charge in [-0.3, -0.25) is 9.10 Å². The number of benzene rings is 3. The van der Waals surface area contributed by atoms with Crippen LogP contribution in [0.1, 0.15) is 55.0 Å². The lowest BCUT2D eigenvalue weighted by molar-refractivity contribution is -0.120. The van der Waals surface area contributed by atoms with Crippen LogP contribution in [-0.4, -0.2) is 42.2 Å². The summed E-state index contributed by atoms with van der Waals surface area (Å²) in [5.74, 6) is 1.27. The summed E-state index contributed by atoms with van der Waals surface area (Å²) in [5, 5.41) is 2.98. The first-order valence-electron chi connectivity index (χ1n) is 12.7. The van der Waals surface area contributed by atoms with Crippen molar-refractivity contribution in [2.24, 2.45) is 0 Å². The molecule has 0 fully saturated rings. The third-order valence-corrected chi connectivity index (χ3v) is 8.41. The van der Waals surface area contributed by atoms with Crippen molar-refractivity contribution in [2.75, 3.05) is 32.2 Å². The number of carbonyl (C=O) groups excluding carboxylic acids is 1. The summed E-state index contributed by atoms with van der Waals surface area (Å²) in [5.41, 5.74) is 4.04. The highest BCUT2D eigenvalue weighted by molar-refractivity contribution is 7.92. The number of hydrogen-bond acceptors (Lipinski definition) is 6. The normalized spacial score (nSPS) is 12.1. The van der Waals surface area contributed by atoms with E-state index in [1.165, 1.54) is 26.4 Å². The fourth-order valence-corrected chi connectivity index (χ4v) is 5.86. The predicted molar refractivity (Wildman–Crippen MR) is 154 cm³/mol. The number of nitrogens with zero attached hydrogens (tertiary/aromatic N) is 1. The predicted octanol–water partition coefficient (Wildman–Crippen LogP) is 5.53. The van der Waals surface area contributed by atoms with E-state index in [1.54, 1.807) is 37.4 Å². The highest BCUT2D eigenvalue weighted by atomic mass is 32.2. The summed E-state index contributed by atoms with van der Waals surface area (Å²) in [6.45, 7) is 9.41. The molecule has 39 heavy (non-hydrogen) atoms. The van der Waals surface area contributed by atoms with Gasteiger partial charge in [-0.15, -0.1) is 0 Å². The first-order chi connectivity index (χ1) is 18.4. The quantitative estimate of drug-likeness (QED) is 0.335. The Hall–Kier alpha value is -3.72. The summed E-state index contributed by atoms with van der Waals surface area (Å²) in [7, 11) is 0.436. The molecule has 0 aliphatic carbocycles. The van der Waals surface area contributed by atoms with Crippen LogP contribution in [0.4, 0.5) is 5.69 Å². The molecule has 8 nitrogen and oxygen atoms in total. The molecular formula is C30H38N2O6S. The van der Waals surface area contributed by atoms with Gasteiger partial charge in [-0.2, -0.15) is 0 Å². The van der Waals surface area contributed by atoms with Crippen LogP contribution in [0.3, 0.4) is 0 Å². The maximum Gasteiger partial charge on any atom is 0.264 e. The van der Waals surface area contributed by atoms with Crippen molar-refractivity contribution in [2.45, 2.75) is 51.5 Å².